The van der Waals surface area contributed by atoms with E-state index >= 15 is 0 Å². The Morgan fingerprint density at radius 3 is 2.36 bits per heavy atom. The molecule has 1 amide bonds. The molecule has 0 aromatic heterocycles. The summed E-state index contributed by atoms with van der Waals surface area (Å²) in [5.74, 6) is -0.424. The summed E-state index contributed by atoms with van der Waals surface area (Å²) in [6, 6.07) is 17.9. The van der Waals surface area contributed by atoms with Crippen molar-refractivity contribution in [2.45, 2.75) is 0 Å². The fourth-order valence-corrected chi connectivity index (χ4v) is 3.41. The first-order valence-corrected chi connectivity index (χ1v) is 9.08. The number of rotatable bonds is 5. The highest BCUT2D eigenvalue weighted by atomic mass is 35.5. The first-order valence-electron chi connectivity index (χ1n) is 8.33. The maximum Gasteiger partial charge on any atom is 0.259 e. The number of methoxy groups -OCH3 is 1. The Bertz CT molecular complexity index is 1050. The molecule has 0 heterocycles. The van der Waals surface area contributed by atoms with Gasteiger partial charge in [0.05, 0.1) is 23.4 Å². The summed E-state index contributed by atoms with van der Waals surface area (Å²) in [6.07, 6.45) is 0. The van der Waals surface area contributed by atoms with Gasteiger partial charge < -0.3 is 15.2 Å². The summed E-state index contributed by atoms with van der Waals surface area (Å²) < 4.78 is 5.24. The van der Waals surface area contributed by atoms with E-state index in [1.54, 1.807) is 12.1 Å². The SMILES string of the molecule is C=C(O)c1ccc(-c2ccccc2)cc1NC(=O)c1cc(Cl)cc(Cl)c1OC. The lowest BCUT2D eigenvalue weighted by molar-refractivity contribution is 0.102. The Hall–Kier alpha value is -2.95. The molecule has 3 rings (SSSR count). The van der Waals surface area contributed by atoms with Gasteiger partial charge in [-0.3, -0.25) is 4.79 Å². The zero-order chi connectivity index (χ0) is 20.3. The molecule has 0 aliphatic carbocycles. The summed E-state index contributed by atoms with van der Waals surface area (Å²) in [5, 5.41) is 13.2. The molecule has 0 aliphatic heterocycles. The van der Waals surface area contributed by atoms with E-state index in [0.29, 0.717) is 16.3 Å². The van der Waals surface area contributed by atoms with Crippen LogP contribution in [-0.4, -0.2) is 18.1 Å². The summed E-state index contributed by atoms with van der Waals surface area (Å²) in [7, 11) is 1.42. The molecule has 6 heteroatoms. The first kappa shape index (κ1) is 19.8. The number of amides is 1. The van der Waals surface area contributed by atoms with Crippen molar-refractivity contribution in [3.05, 3.63) is 88.4 Å². The number of carbonyl (C=O) groups excluding carboxylic acids is 1. The van der Waals surface area contributed by atoms with Gasteiger partial charge in [-0.1, -0.05) is 66.2 Å². The van der Waals surface area contributed by atoms with E-state index in [0.717, 1.165) is 11.1 Å². The Morgan fingerprint density at radius 1 is 1.00 bits per heavy atom. The fourth-order valence-electron chi connectivity index (χ4n) is 2.84. The van der Waals surface area contributed by atoms with Crippen LogP contribution in [-0.2, 0) is 0 Å². The lowest BCUT2D eigenvalue weighted by Crippen LogP contribution is -2.15. The van der Waals surface area contributed by atoms with Gasteiger partial charge in [-0.15, -0.1) is 0 Å². The van der Waals surface area contributed by atoms with Crippen LogP contribution in [0.15, 0.2) is 67.2 Å². The summed E-state index contributed by atoms with van der Waals surface area (Å²) in [4.78, 5) is 12.9. The molecule has 142 valence electrons. The monoisotopic (exact) mass is 413 g/mol. The molecular formula is C22H17Cl2NO3. The van der Waals surface area contributed by atoms with Crippen molar-refractivity contribution in [1.29, 1.82) is 0 Å². The molecular weight excluding hydrogens is 397 g/mol. The third-order valence-corrected chi connectivity index (χ3v) is 4.64. The van der Waals surface area contributed by atoms with E-state index < -0.39 is 5.91 Å². The molecule has 0 saturated heterocycles. The molecule has 0 spiro atoms. The Morgan fingerprint density at radius 2 is 1.71 bits per heavy atom. The topological polar surface area (TPSA) is 58.6 Å². The highest BCUT2D eigenvalue weighted by molar-refractivity contribution is 6.36. The average Bonchev–Trinajstić information content (AvgIpc) is 2.67. The van der Waals surface area contributed by atoms with Gasteiger partial charge in [-0.05, 0) is 35.4 Å². The molecule has 0 radical (unpaired) electrons. The molecule has 28 heavy (non-hydrogen) atoms. The van der Waals surface area contributed by atoms with E-state index in [1.165, 1.54) is 19.2 Å². The van der Waals surface area contributed by atoms with Gasteiger partial charge in [0.1, 0.15) is 11.5 Å². The molecule has 0 unspecified atom stereocenters. The van der Waals surface area contributed by atoms with E-state index in [4.69, 9.17) is 27.9 Å². The second-order valence-electron chi connectivity index (χ2n) is 6.00. The molecule has 4 nitrogen and oxygen atoms in total. The van der Waals surface area contributed by atoms with E-state index in [1.807, 2.05) is 36.4 Å². The van der Waals surface area contributed by atoms with Gasteiger partial charge >= 0.3 is 0 Å². The number of hydrogen-bond acceptors (Lipinski definition) is 3. The maximum atomic E-state index is 12.9. The fraction of sp³-hybridized carbons (Fsp3) is 0.0455. The van der Waals surface area contributed by atoms with Crippen LogP contribution < -0.4 is 10.1 Å². The van der Waals surface area contributed by atoms with Crippen LogP contribution in [0.25, 0.3) is 16.9 Å². The van der Waals surface area contributed by atoms with Gasteiger partial charge in [0.25, 0.3) is 5.91 Å². The third-order valence-electron chi connectivity index (χ3n) is 4.14. The zero-order valence-corrected chi connectivity index (χ0v) is 16.5. The van der Waals surface area contributed by atoms with Crippen LogP contribution in [0, 0.1) is 0 Å². The number of benzene rings is 3. The van der Waals surface area contributed by atoms with Gasteiger partial charge in [0.2, 0.25) is 0 Å². The van der Waals surface area contributed by atoms with Crippen molar-refractivity contribution in [3.8, 4) is 16.9 Å². The summed E-state index contributed by atoms with van der Waals surface area (Å²) >= 11 is 12.2. The number of halogens is 2. The van der Waals surface area contributed by atoms with Crippen molar-refractivity contribution in [2.75, 3.05) is 12.4 Å². The number of aliphatic hydroxyl groups is 1. The number of hydrogen-bond donors (Lipinski definition) is 2. The van der Waals surface area contributed by atoms with Gasteiger partial charge in [-0.25, -0.2) is 0 Å². The normalized spacial score (nSPS) is 10.4. The summed E-state index contributed by atoms with van der Waals surface area (Å²) in [6.45, 7) is 3.57. The lowest BCUT2D eigenvalue weighted by Gasteiger charge is -2.15. The molecule has 0 bridgehead atoms. The second-order valence-corrected chi connectivity index (χ2v) is 6.84. The van der Waals surface area contributed by atoms with Crippen LogP contribution in [0.4, 0.5) is 5.69 Å². The smallest absolute Gasteiger partial charge is 0.259 e. The number of aliphatic hydroxyl groups excluding tert-OH is 1. The van der Waals surface area contributed by atoms with E-state index in [2.05, 4.69) is 11.9 Å². The predicted octanol–water partition coefficient (Wildman–Crippen LogP) is 6.45. The molecule has 0 atom stereocenters. The van der Waals surface area contributed by atoms with Gasteiger partial charge in [0, 0.05) is 10.6 Å². The maximum absolute atomic E-state index is 12.9. The quantitative estimate of drug-likeness (QED) is 0.472. The summed E-state index contributed by atoms with van der Waals surface area (Å²) in [5.41, 5.74) is 2.82. The van der Waals surface area contributed by atoms with Gasteiger partial charge in [-0.2, -0.15) is 0 Å². The van der Waals surface area contributed by atoms with Crippen LogP contribution in [0.1, 0.15) is 15.9 Å². The second kappa shape index (κ2) is 8.38. The lowest BCUT2D eigenvalue weighted by atomic mass is 10.0. The molecule has 3 aromatic rings. The van der Waals surface area contributed by atoms with Gasteiger partial charge in [0.15, 0.2) is 0 Å². The highest BCUT2D eigenvalue weighted by Crippen LogP contribution is 2.34. The van der Waals surface area contributed by atoms with Crippen LogP contribution in [0.2, 0.25) is 10.0 Å². The minimum Gasteiger partial charge on any atom is -0.508 e. The standard InChI is InChI=1S/C22H17Cl2NO3/c1-13(26)17-9-8-15(14-6-4-3-5-7-14)10-20(17)25-22(27)18-11-16(23)12-19(24)21(18)28-2/h3-12,26H,1H2,2H3,(H,25,27). The first-order chi connectivity index (χ1) is 13.4. The predicted molar refractivity (Wildman–Crippen MR) is 115 cm³/mol. The van der Waals surface area contributed by atoms with Crippen molar-refractivity contribution >= 4 is 40.6 Å². The molecule has 3 aromatic carbocycles. The zero-order valence-electron chi connectivity index (χ0n) is 15.0. The molecule has 0 saturated carbocycles. The van der Waals surface area contributed by atoms with Crippen molar-refractivity contribution in [3.63, 3.8) is 0 Å². The van der Waals surface area contributed by atoms with Crippen molar-refractivity contribution in [1.82, 2.24) is 0 Å². The minimum absolute atomic E-state index is 0.161. The van der Waals surface area contributed by atoms with E-state index in [9.17, 15) is 9.90 Å². The van der Waals surface area contributed by atoms with Crippen LogP contribution >= 0.6 is 23.2 Å². The molecule has 0 aliphatic rings. The number of ether oxygens (including phenoxy) is 1. The Labute approximate surface area is 173 Å². The highest BCUT2D eigenvalue weighted by Gasteiger charge is 2.19. The number of carbonyl (C=O) groups is 1. The largest absolute Gasteiger partial charge is 0.508 e. The van der Waals surface area contributed by atoms with Crippen LogP contribution in [0.5, 0.6) is 5.75 Å². The Kier molecular flexibility index (Phi) is 5.93. The van der Waals surface area contributed by atoms with Crippen molar-refractivity contribution in [2.24, 2.45) is 0 Å². The Balaban J connectivity index is 2.04. The third kappa shape index (κ3) is 4.14. The van der Waals surface area contributed by atoms with E-state index in [-0.39, 0.29) is 22.1 Å². The number of nitrogens with one attached hydrogen (secondary N) is 1. The molecule has 2 N–H and O–H groups in total. The molecule has 0 fully saturated rings. The number of anilines is 1. The average molecular weight is 414 g/mol. The minimum atomic E-state index is -0.478. The van der Waals surface area contributed by atoms with Crippen LogP contribution in [0.3, 0.4) is 0 Å². The van der Waals surface area contributed by atoms with Crippen molar-refractivity contribution < 1.29 is 14.6 Å².